The van der Waals surface area contributed by atoms with E-state index in [-0.39, 0.29) is 29.8 Å². The monoisotopic (exact) mass is 340 g/mol. The van der Waals surface area contributed by atoms with E-state index in [9.17, 15) is 9.90 Å². The third-order valence-electron chi connectivity index (χ3n) is 5.61. The molecule has 2 aromatic rings. The van der Waals surface area contributed by atoms with Crippen LogP contribution in [0, 0.1) is 11.8 Å². The molecule has 0 spiro atoms. The zero-order chi connectivity index (χ0) is 17.4. The van der Waals surface area contributed by atoms with Gasteiger partial charge in [-0.2, -0.15) is 0 Å². The highest BCUT2D eigenvalue weighted by atomic mass is 16.5. The Hall–Kier alpha value is -2.07. The van der Waals surface area contributed by atoms with E-state index < -0.39 is 0 Å². The summed E-state index contributed by atoms with van der Waals surface area (Å²) in [6.45, 7) is 2.15. The molecule has 0 saturated heterocycles. The third kappa shape index (κ3) is 2.99. The maximum Gasteiger partial charge on any atom is 0.176 e. The van der Waals surface area contributed by atoms with Crippen LogP contribution in [0.15, 0.2) is 41.0 Å². The van der Waals surface area contributed by atoms with Crippen molar-refractivity contribution >= 4 is 22.3 Å². The lowest BCUT2D eigenvalue weighted by molar-refractivity contribution is -0.129. The summed E-state index contributed by atoms with van der Waals surface area (Å²) >= 11 is 0. The first kappa shape index (κ1) is 16.4. The number of rotatable bonds is 4. The molecule has 4 unspecified atom stereocenters. The molecule has 1 aromatic carbocycles. The Morgan fingerprint density at radius 2 is 2.08 bits per heavy atom. The second-order valence-electron chi connectivity index (χ2n) is 7.27. The van der Waals surface area contributed by atoms with Crippen molar-refractivity contribution in [1.82, 2.24) is 0 Å². The summed E-state index contributed by atoms with van der Waals surface area (Å²) in [6, 6.07) is 9.63. The van der Waals surface area contributed by atoms with Crippen LogP contribution in [0.3, 0.4) is 0 Å². The molecule has 0 bridgehead atoms. The molecule has 2 aliphatic rings. The number of unbranched alkanes of at least 4 members (excludes halogenated alkanes) is 1. The SMILES string of the molecule is CCCCC1CC2C(=O)C(c3cc4ccccc4o3)=COC2CC1O. The van der Waals surface area contributed by atoms with Crippen LogP contribution < -0.4 is 0 Å². The molecule has 4 heteroatoms. The number of ketones is 1. The second kappa shape index (κ2) is 6.68. The van der Waals surface area contributed by atoms with E-state index in [4.69, 9.17) is 9.15 Å². The van der Waals surface area contributed by atoms with Gasteiger partial charge in [0.1, 0.15) is 17.4 Å². The molecule has 4 nitrogen and oxygen atoms in total. The average molecular weight is 340 g/mol. The number of Topliss-reactive ketones (excluding diaryl/α,β-unsaturated/α-hetero) is 1. The van der Waals surface area contributed by atoms with E-state index in [0.29, 0.717) is 24.2 Å². The molecule has 1 aliphatic carbocycles. The summed E-state index contributed by atoms with van der Waals surface area (Å²) in [4.78, 5) is 13.1. The van der Waals surface area contributed by atoms with Crippen LogP contribution in [0.4, 0.5) is 0 Å². The molecule has 1 fully saturated rings. The predicted molar refractivity (Wildman–Crippen MR) is 95.8 cm³/mol. The van der Waals surface area contributed by atoms with E-state index in [0.717, 1.165) is 30.2 Å². The van der Waals surface area contributed by atoms with Crippen LogP contribution in [0.5, 0.6) is 0 Å². The molecule has 0 amide bonds. The van der Waals surface area contributed by atoms with Crippen molar-refractivity contribution < 1.29 is 19.1 Å². The minimum atomic E-state index is -0.373. The van der Waals surface area contributed by atoms with Gasteiger partial charge in [-0.15, -0.1) is 0 Å². The fourth-order valence-corrected chi connectivity index (χ4v) is 4.14. The maximum absolute atomic E-state index is 13.1. The first-order chi connectivity index (χ1) is 12.2. The molecule has 1 aromatic heterocycles. The first-order valence-electron chi connectivity index (χ1n) is 9.24. The van der Waals surface area contributed by atoms with Crippen molar-refractivity contribution in [2.24, 2.45) is 11.8 Å². The summed E-state index contributed by atoms with van der Waals surface area (Å²) in [5.41, 5.74) is 1.29. The molecule has 132 valence electrons. The summed E-state index contributed by atoms with van der Waals surface area (Å²) in [6.07, 6.45) is 5.33. The number of benzene rings is 1. The Morgan fingerprint density at radius 3 is 2.88 bits per heavy atom. The highest BCUT2D eigenvalue weighted by molar-refractivity contribution is 6.22. The van der Waals surface area contributed by atoms with Gasteiger partial charge < -0.3 is 14.3 Å². The zero-order valence-electron chi connectivity index (χ0n) is 14.5. The Labute approximate surface area is 147 Å². The Bertz CT molecular complexity index is 770. The smallest absolute Gasteiger partial charge is 0.176 e. The number of aliphatic hydroxyl groups excluding tert-OH is 1. The maximum atomic E-state index is 13.1. The van der Waals surface area contributed by atoms with Gasteiger partial charge in [0.15, 0.2) is 5.78 Å². The predicted octanol–water partition coefficient (Wildman–Crippen LogP) is 4.32. The van der Waals surface area contributed by atoms with Gasteiger partial charge in [-0.1, -0.05) is 38.0 Å². The van der Waals surface area contributed by atoms with Gasteiger partial charge in [-0.3, -0.25) is 4.79 Å². The Kier molecular flexibility index (Phi) is 4.38. The number of fused-ring (bicyclic) bond motifs is 2. The normalized spacial score (nSPS) is 29.2. The molecular formula is C21H24O4. The van der Waals surface area contributed by atoms with Gasteiger partial charge in [-0.05, 0) is 30.9 Å². The van der Waals surface area contributed by atoms with Crippen LogP contribution in [0.1, 0.15) is 44.8 Å². The number of allylic oxidation sites excluding steroid dienone is 1. The number of hydrogen-bond donors (Lipinski definition) is 1. The Balaban J connectivity index is 1.59. The molecule has 2 heterocycles. The van der Waals surface area contributed by atoms with E-state index in [2.05, 4.69) is 6.92 Å². The van der Waals surface area contributed by atoms with E-state index in [1.807, 2.05) is 30.3 Å². The van der Waals surface area contributed by atoms with Gasteiger partial charge in [0.2, 0.25) is 0 Å². The molecule has 1 N–H and O–H groups in total. The summed E-state index contributed by atoms with van der Waals surface area (Å²) < 4.78 is 11.7. The number of para-hydroxylation sites is 1. The topological polar surface area (TPSA) is 59.7 Å². The molecular weight excluding hydrogens is 316 g/mol. The summed E-state index contributed by atoms with van der Waals surface area (Å²) in [7, 11) is 0. The zero-order valence-corrected chi connectivity index (χ0v) is 14.5. The van der Waals surface area contributed by atoms with Crippen molar-refractivity contribution in [2.75, 3.05) is 0 Å². The van der Waals surface area contributed by atoms with Crippen LogP contribution in [-0.2, 0) is 9.53 Å². The number of furan rings is 1. The quantitative estimate of drug-likeness (QED) is 0.900. The van der Waals surface area contributed by atoms with E-state index in [1.165, 1.54) is 6.26 Å². The molecule has 4 atom stereocenters. The van der Waals surface area contributed by atoms with Crippen LogP contribution in [0.25, 0.3) is 16.5 Å². The van der Waals surface area contributed by atoms with Gasteiger partial charge >= 0.3 is 0 Å². The fraction of sp³-hybridized carbons (Fsp3) is 0.476. The minimum absolute atomic E-state index is 0.0868. The number of hydrogen-bond acceptors (Lipinski definition) is 4. The van der Waals surface area contributed by atoms with Crippen molar-refractivity contribution in [1.29, 1.82) is 0 Å². The van der Waals surface area contributed by atoms with Gasteiger partial charge in [0, 0.05) is 11.8 Å². The van der Waals surface area contributed by atoms with Crippen LogP contribution in [0.2, 0.25) is 0 Å². The summed E-state index contributed by atoms with van der Waals surface area (Å²) in [5, 5.41) is 11.3. The molecule has 1 aliphatic heterocycles. The number of carbonyl (C=O) groups excluding carboxylic acids is 1. The molecule has 4 rings (SSSR count). The molecule has 25 heavy (non-hydrogen) atoms. The largest absolute Gasteiger partial charge is 0.496 e. The minimum Gasteiger partial charge on any atom is -0.496 e. The van der Waals surface area contributed by atoms with Crippen LogP contribution >= 0.6 is 0 Å². The number of ether oxygens (including phenoxy) is 1. The Morgan fingerprint density at radius 1 is 1.24 bits per heavy atom. The second-order valence-corrected chi connectivity index (χ2v) is 7.27. The highest BCUT2D eigenvalue weighted by Gasteiger charge is 2.44. The van der Waals surface area contributed by atoms with E-state index in [1.54, 1.807) is 0 Å². The number of aliphatic hydroxyl groups is 1. The van der Waals surface area contributed by atoms with Crippen molar-refractivity contribution in [3.8, 4) is 0 Å². The fourth-order valence-electron chi connectivity index (χ4n) is 4.14. The molecule has 1 saturated carbocycles. The lowest BCUT2D eigenvalue weighted by Gasteiger charge is -2.40. The highest BCUT2D eigenvalue weighted by Crippen LogP contribution is 2.41. The number of carbonyl (C=O) groups is 1. The molecule has 0 radical (unpaired) electrons. The van der Waals surface area contributed by atoms with Crippen molar-refractivity contribution in [2.45, 2.75) is 51.2 Å². The van der Waals surface area contributed by atoms with Crippen molar-refractivity contribution in [3.63, 3.8) is 0 Å². The van der Waals surface area contributed by atoms with Crippen molar-refractivity contribution in [3.05, 3.63) is 42.4 Å². The van der Waals surface area contributed by atoms with E-state index >= 15 is 0 Å². The van der Waals surface area contributed by atoms with Gasteiger partial charge in [0.05, 0.1) is 23.9 Å². The van der Waals surface area contributed by atoms with Gasteiger partial charge in [-0.25, -0.2) is 0 Å². The third-order valence-corrected chi connectivity index (χ3v) is 5.61. The summed E-state index contributed by atoms with van der Waals surface area (Å²) in [5.74, 6) is 0.659. The van der Waals surface area contributed by atoms with Crippen LogP contribution in [-0.4, -0.2) is 23.1 Å². The lowest BCUT2D eigenvalue weighted by Crippen LogP contribution is -2.44. The average Bonchev–Trinajstić information content (AvgIpc) is 3.04. The van der Waals surface area contributed by atoms with Gasteiger partial charge in [0.25, 0.3) is 0 Å². The first-order valence-corrected chi connectivity index (χ1v) is 9.24. The lowest BCUT2D eigenvalue weighted by atomic mass is 9.72. The standard InChI is InChI=1S/C21H24O4/c1-2-3-6-13-9-15-19(11-17(13)22)24-12-16(21(15)23)20-10-14-7-4-5-8-18(14)25-20/h4-5,7-8,10,12-13,15,17,19,22H,2-3,6,9,11H2,1H3.